The van der Waals surface area contributed by atoms with Gasteiger partial charge in [0.2, 0.25) is 11.1 Å². The van der Waals surface area contributed by atoms with Crippen molar-refractivity contribution in [3.8, 4) is 11.5 Å². The molecule has 0 aliphatic heterocycles. The summed E-state index contributed by atoms with van der Waals surface area (Å²) in [7, 11) is -2.52. The number of rotatable bonds is 9. The van der Waals surface area contributed by atoms with Gasteiger partial charge in [0.05, 0.1) is 24.3 Å². The van der Waals surface area contributed by atoms with Crippen molar-refractivity contribution in [2.75, 3.05) is 13.2 Å². The molecule has 0 radical (unpaired) electrons. The molecule has 0 saturated heterocycles. The average molecular weight is 449 g/mol. The van der Waals surface area contributed by atoms with Gasteiger partial charge in [-0.1, -0.05) is 41.0 Å². The molecule has 0 bridgehead atoms. The highest BCUT2D eigenvalue weighted by Crippen LogP contribution is 2.35. The van der Waals surface area contributed by atoms with Gasteiger partial charge in [0.1, 0.15) is 17.1 Å². The van der Waals surface area contributed by atoms with Gasteiger partial charge in [-0.3, -0.25) is 4.79 Å². The summed E-state index contributed by atoms with van der Waals surface area (Å²) in [6.07, 6.45) is 0. The third-order valence-electron chi connectivity index (χ3n) is 5.06. The Morgan fingerprint density at radius 3 is 1.84 bits per heavy atom. The fraction of sp³-hybridized carbons (Fsp3) is 0.231. The molecule has 1 unspecified atom stereocenters. The molecular formula is C26H26O5P+. The zero-order valence-electron chi connectivity index (χ0n) is 18.7. The van der Waals surface area contributed by atoms with Crippen LogP contribution in [0.15, 0.2) is 60.7 Å². The predicted molar refractivity (Wildman–Crippen MR) is 126 cm³/mol. The van der Waals surface area contributed by atoms with Crippen LogP contribution < -0.4 is 14.8 Å². The van der Waals surface area contributed by atoms with E-state index in [9.17, 15) is 14.2 Å². The maximum absolute atomic E-state index is 13.7. The summed E-state index contributed by atoms with van der Waals surface area (Å²) in [6.45, 7) is 8.03. The number of hydrogen-bond acceptors (Lipinski definition) is 5. The Hall–Kier alpha value is -3.30. The molecule has 0 spiro atoms. The molecular weight excluding hydrogens is 423 g/mol. The van der Waals surface area contributed by atoms with E-state index in [1.165, 1.54) is 0 Å². The van der Waals surface area contributed by atoms with Gasteiger partial charge in [-0.05, 0) is 63.1 Å². The minimum Gasteiger partial charge on any atom is -0.493 e. The van der Waals surface area contributed by atoms with Crippen LogP contribution in [0.1, 0.15) is 51.3 Å². The van der Waals surface area contributed by atoms with Crippen LogP contribution in [-0.2, 0) is 4.57 Å². The number of carbonyl (C=O) groups is 2. The van der Waals surface area contributed by atoms with Crippen molar-refractivity contribution in [2.45, 2.75) is 27.7 Å². The zero-order chi connectivity index (χ0) is 23.3. The highest BCUT2D eigenvalue weighted by molar-refractivity contribution is 7.71. The molecule has 0 aromatic heterocycles. The maximum Gasteiger partial charge on any atom is 0.459 e. The summed E-state index contributed by atoms with van der Waals surface area (Å²) in [5.74, 6) is 0.370. The third-order valence-corrected chi connectivity index (χ3v) is 6.48. The summed E-state index contributed by atoms with van der Waals surface area (Å²) in [6, 6.07) is 17.1. The summed E-state index contributed by atoms with van der Waals surface area (Å²) < 4.78 is 24.8. The lowest BCUT2D eigenvalue weighted by molar-refractivity contribution is 0.103. The summed E-state index contributed by atoms with van der Waals surface area (Å²) >= 11 is 0. The lowest BCUT2D eigenvalue weighted by Crippen LogP contribution is -2.18. The minimum atomic E-state index is -2.52. The molecule has 0 fully saturated rings. The maximum atomic E-state index is 13.7. The molecule has 0 amide bonds. The van der Waals surface area contributed by atoms with Gasteiger partial charge in [-0.25, -0.2) is 4.79 Å². The first kappa shape index (κ1) is 23.4. The zero-order valence-corrected chi connectivity index (χ0v) is 19.6. The Labute approximate surface area is 189 Å². The van der Waals surface area contributed by atoms with Gasteiger partial charge in [0.25, 0.3) is 0 Å². The molecule has 0 N–H and O–H groups in total. The Morgan fingerprint density at radius 2 is 1.28 bits per heavy atom. The second kappa shape index (κ2) is 10.3. The fourth-order valence-corrected chi connectivity index (χ4v) is 5.02. The Bertz CT molecular complexity index is 1140. The molecule has 1 atom stereocenters. The van der Waals surface area contributed by atoms with Crippen molar-refractivity contribution in [1.82, 2.24) is 0 Å². The van der Waals surface area contributed by atoms with Crippen molar-refractivity contribution < 1.29 is 23.6 Å². The van der Waals surface area contributed by atoms with Crippen molar-refractivity contribution in [3.05, 3.63) is 88.5 Å². The van der Waals surface area contributed by atoms with Crippen LogP contribution in [-0.4, -0.2) is 24.5 Å². The molecule has 5 nitrogen and oxygen atoms in total. The second-order valence-electron chi connectivity index (χ2n) is 7.21. The van der Waals surface area contributed by atoms with E-state index < -0.39 is 19.1 Å². The van der Waals surface area contributed by atoms with E-state index in [2.05, 4.69) is 0 Å². The topological polar surface area (TPSA) is 69.7 Å². The minimum absolute atomic E-state index is 0.196. The van der Waals surface area contributed by atoms with E-state index in [-0.39, 0.29) is 16.4 Å². The molecule has 0 aliphatic rings. The smallest absolute Gasteiger partial charge is 0.459 e. The van der Waals surface area contributed by atoms with Gasteiger partial charge in [-0.15, -0.1) is 0 Å². The summed E-state index contributed by atoms with van der Waals surface area (Å²) in [5.41, 5.74) is 1.90. The quantitative estimate of drug-likeness (QED) is 0.313. The number of ketones is 1. The van der Waals surface area contributed by atoms with Crippen LogP contribution in [0.2, 0.25) is 0 Å². The first-order valence-electron chi connectivity index (χ1n) is 10.5. The molecule has 32 heavy (non-hydrogen) atoms. The molecule has 0 saturated carbocycles. The third kappa shape index (κ3) is 4.63. The van der Waals surface area contributed by atoms with E-state index in [1.54, 1.807) is 42.5 Å². The number of benzene rings is 3. The van der Waals surface area contributed by atoms with Crippen molar-refractivity contribution in [2.24, 2.45) is 0 Å². The van der Waals surface area contributed by atoms with E-state index in [1.807, 2.05) is 45.9 Å². The lowest BCUT2D eigenvalue weighted by Gasteiger charge is -2.14. The normalized spacial score (nSPS) is 11.1. The highest BCUT2D eigenvalue weighted by Gasteiger charge is 2.39. The lowest BCUT2D eigenvalue weighted by atomic mass is 10.0. The molecule has 3 rings (SSSR count). The van der Waals surface area contributed by atoms with Crippen LogP contribution in [0.4, 0.5) is 0 Å². The van der Waals surface area contributed by atoms with Crippen molar-refractivity contribution >= 4 is 24.4 Å². The van der Waals surface area contributed by atoms with Crippen LogP contribution in [0, 0.1) is 13.8 Å². The first-order chi connectivity index (χ1) is 15.4. The Morgan fingerprint density at radius 1 is 0.750 bits per heavy atom. The van der Waals surface area contributed by atoms with Crippen LogP contribution in [0.5, 0.6) is 11.5 Å². The number of aryl methyl sites for hydroxylation is 2. The van der Waals surface area contributed by atoms with Crippen molar-refractivity contribution in [1.29, 1.82) is 0 Å². The molecule has 3 aromatic carbocycles. The van der Waals surface area contributed by atoms with E-state index >= 15 is 0 Å². The standard InChI is InChI=1S/C26H26O5P/c1-5-30-20-14-10-15-21(31-6-2)24(20)25(27)19-13-7-8-16-22(19)32(29)26(28)23-17(3)11-9-12-18(23)4/h7-16H,5-6H2,1-4H3/q+1. The molecule has 0 aliphatic carbocycles. The molecule has 0 heterocycles. The van der Waals surface area contributed by atoms with Gasteiger partial charge in [0, 0.05) is 0 Å². The van der Waals surface area contributed by atoms with E-state index in [4.69, 9.17) is 9.47 Å². The summed E-state index contributed by atoms with van der Waals surface area (Å²) in [4.78, 5) is 26.8. The predicted octanol–water partition coefficient (Wildman–Crippen LogP) is 5.62. The Kier molecular flexibility index (Phi) is 7.55. The average Bonchev–Trinajstić information content (AvgIpc) is 2.78. The largest absolute Gasteiger partial charge is 0.493 e. The molecule has 164 valence electrons. The highest BCUT2D eigenvalue weighted by atomic mass is 31.1. The van der Waals surface area contributed by atoms with Gasteiger partial charge in [-0.2, -0.15) is 0 Å². The number of hydrogen-bond donors (Lipinski definition) is 0. The fourth-order valence-electron chi connectivity index (χ4n) is 3.63. The van der Waals surface area contributed by atoms with Crippen LogP contribution in [0.3, 0.4) is 0 Å². The van der Waals surface area contributed by atoms with E-state index in [0.29, 0.717) is 30.3 Å². The van der Waals surface area contributed by atoms with Crippen LogP contribution in [0.25, 0.3) is 0 Å². The van der Waals surface area contributed by atoms with Crippen molar-refractivity contribution in [3.63, 3.8) is 0 Å². The number of ether oxygens (including phenoxy) is 2. The Balaban J connectivity index is 2.11. The first-order valence-corrected chi connectivity index (χ1v) is 11.8. The van der Waals surface area contributed by atoms with Gasteiger partial charge in [0.15, 0.2) is 0 Å². The van der Waals surface area contributed by atoms with Gasteiger partial charge < -0.3 is 9.47 Å². The monoisotopic (exact) mass is 449 g/mol. The van der Waals surface area contributed by atoms with Crippen LogP contribution >= 0.6 is 7.80 Å². The molecule has 3 aromatic rings. The SMILES string of the molecule is CCOc1cccc(OCC)c1C(=O)c1ccccc1[P+](=O)C(=O)c1c(C)cccc1C. The van der Waals surface area contributed by atoms with E-state index in [0.717, 1.165) is 11.1 Å². The number of carbonyl (C=O) groups excluding carboxylic acids is 2. The summed E-state index contributed by atoms with van der Waals surface area (Å²) in [5, 5.41) is 0.203. The second-order valence-corrected chi connectivity index (χ2v) is 8.68. The molecule has 6 heteroatoms. The van der Waals surface area contributed by atoms with Gasteiger partial charge >= 0.3 is 13.3 Å².